The van der Waals surface area contributed by atoms with Crippen molar-refractivity contribution in [2.24, 2.45) is 0 Å². The van der Waals surface area contributed by atoms with Crippen LogP contribution in [0.3, 0.4) is 0 Å². The third-order valence-electron chi connectivity index (χ3n) is 5.42. The number of aliphatic hydroxyl groups is 6. The fourth-order valence-electron chi connectivity index (χ4n) is 3.85. The molecule has 0 radical (unpaired) electrons. The van der Waals surface area contributed by atoms with Crippen molar-refractivity contribution in [2.75, 3.05) is 6.61 Å². The van der Waals surface area contributed by atoms with Crippen molar-refractivity contribution in [3.05, 3.63) is 71.8 Å². The third-order valence-corrected chi connectivity index (χ3v) is 5.42. The van der Waals surface area contributed by atoms with Gasteiger partial charge in [0.2, 0.25) is 0 Å². The SMILES string of the molecule is OC[C@@H](O)[C@H]([C@H]1O[C@H](O)[C@H](O)[C@@H](O)[C@H]1O)N(Cc1ccccc1)Cc1ccccc1. The number of rotatable bonds is 8. The lowest BCUT2D eigenvalue weighted by Crippen LogP contribution is -2.65. The third kappa shape index (κ3) is 5.23. The van der Waals surface area contributed by atoms with Crippen molar-refractivity contribution in [1.29, 1.82) is 0 Å². The Balaban J connectivity index is 1.96. The first kappa shape index (κ1) is 22.8. The van der Waals surface area contributed by atoms with Crippen LogP contribution in [-0.2, 0) is 17.8 Å². The maximum atomic E-state index is 10.6. The summed E-state index contributed by atoms with van der Waals surface area (Å²) in [6.07, 6.45) is -9.26. The predicted octanol–water partition coefficient (Wildman–Crippen LogP) is -0.789. The van der Waals surface area contributed by atoms with E-state index in [0.717, 1.165) is 11.1 Å². The molecule has 0 amide bonds. The molecule has 1 heterocycles. The Kier molecular flexibility index (Phi) is 7.93. The van der Waals surface area contributed by atoms with Gasteiger partial charge in [-0.15, -0.1) is 0 Å². The van der Waals surface area contributed by atoms with E-state index >= 15 is 0 Å². The Bertz CT molecular complexity index is 721. The molecule has 7 atom stereocenters. The molecule has 1 fully saturated rings. The summed E-state index contributed by atoms with van der Waals surface area (Å²) in [7, 11) is 0. The average Bonchev–Trinajstić information content (AvgIpc) is 2.77. The first-order chi connectivity index (χ1) is 14.4. The molecular weight excluding hydrogens is 390 g/mol. The molecule has 0 bridgehead atoms. The molecule has 2 aromatic rings. The van der Waals surface area contributed by atoms with Crippen molar-refractivity contribution in [1.82, 2.24) is 4.90 Å². The van der Waals surface area contributed by atoms with Gasteiger partial charge in [-0.2, -0.15) is 0 Å². The second kappa shape index (κ2) is 10.4. The molecule has 0 saturated carbocycles. The van der Waals surface area contributed by atoms with E-state index in [2.05, 4.69) is 0 Å². The monoisotopic (exact) mass is 419 g/mol. The van der Waals surface area contributed by atoms with Crippen LogP contribution >= 0.6 is 0 Å². The quantitative estimate of drug-likeness (QED) is 0.328. The second-order valence-electron chi connectivity index (χ2n) is 7.58. The van der Waals surface area contributed by atoms with E-state index in [1.165, 1.54) is 0 Å². The molecule has 3 rings (SSSR count). The number of aliphatic hydroxyl groups excluding tert-OH is 6. The highest BCUT2D eigenvalue weighted by Crippen LogP contribution is 2.28. The van der Waals surface area contributed by atoms with Gasteiger partial charge in [0, 0.05) is 13.1 Å². The zero-order chi connectivity index (χ0) is 21.7. The molecular formula is C22H29NO7. The van der Waals surface area contributed by atoms with E-state index in [-0.39, 0.29) is 0 Å². The highest BCUT2D eigenvalue weighted by atomic mass is 16.6. The van der Waals surface area contributed by atoms with Gasteiger partial charge >= 0.3 is 0 Å². The van der Waals surface area contributed by atoms with Crippen molar-refractivity contribution in [3.8, 4) is 0 Å². The van der Waals surface area contributed by atoms with Gasteiger partial charge in [-0.25, -0.2) is 0 Å². The molecule has 8 heteroatoms. The summed E-state index contributed by atoms with van der Waals surface area (Å²) in [6, 6.07) is 17.9. The summed E-state index contributed by atoms with van der Waals surface area (Å²) < 4.78 is 5.41. The topological polar surface area (TPSA) is 134 Å². The number of nitrogens with zero attached hydrogens (tertiary/aromatic N) is 1. The van der Waals surface area contributed by atoms with Gasteiger partial charge in [-0.05, 0) is 11.1 Å². The van der Waals surface area contributed by atoms with Crippen LogP contribution in [-0.4, -0.2) is 85.0 Å². The van der Waals surface area contributed by atoms with Gasteiger partial charge in [0.15, 0.2) is 6.29 Å². The summed E-state index contributed by atoms with van der Waals surface area (Å²) in [4.78, 5) is 1.82. The summed E-state index contributed by atoms with van der Waals surface area (Å²) in [5.74, 6) is 0. The normalized spacial score (nSPS) is 29.0. The number of hydrogen-bond acceptors (Lipinski definition) is 8. The van der Waals surface area contributed by atoms with Crippen LogP contribution in [0.1, 0.15) is 11.1 Å². The molecule has 0 unspecified atom stereocenters. The van der Waals surface area contributed by atoms with Gasteiger partial charge in [0.05, 0.1) is 18.8 Å². The van der Waals surface area contributed by atoms with E-state index in [4.69, 9.17) is 4.74 Å². The second-order valence-corrected chi connectivity index (χ2v) is 7.58. The lowest BCUT2D eigenvalue weighted by Gasteiger charge is -2.46. The first-order valence-electron chi connectivity index (χ1n) is 9.91. The maximum absolute atomic E-state index is 10.6. The van der Waals surface area contributed by atoms with Gasteiger partial charge in [0.1, 0.15) is 24.4 Å². The van der Waals surface area contributed by atoms with Gasteiger partial charge < -0.3 is 35.4 Å². The number of hydrogen-bond donors (Lipinski definition) is 6. The molecule has 0 spiro atoms. The summed E-state index contributed by atoms with van der Waals surface area (Å²) in [6.45, 7) is 0.0731. The summed E-state index contributed by atoms with van der Waals surface area (Å²) in [5, 5.41) is 60.9. The molecule has 2 aromatic carbocycles. The zero-order valence-corrected chi connectivity index (χ0v) is 16.5. The van der Waals surface area contributed by atoms with E-state index in [1.54, 1.807) is 0 Å². The number of ether oxygens (including phenoxy) is 1. The molecule has 0 aliphatic carbocycles. The van der Waals surface area contributed by atoms with Crippen LogP contribution in [0.15, 0.2) is 60.7 Å². The number of benzene rings is 2. The van der Waals surface area contributed by atoms with Gasteiger partial charge in [-0.3, -0.25) is 4.90 Å². The largest absolute Gasteiger partial charge is 0.394 e. The minimum Gasteiger partial charge on any atom is -0.394 e. The van der Waals surface area contributed by atoms with Crippen LogP contribution in [0.4, 0.5) is 0 Å². The van der Waals surface area contributed by atoms with Crippen LogP contribution in [0.5, 0.6) is 0 Å². The minimum absolute atomic E-state index is 0.346. The smallest absolute Gasteiger partial charge is 0.184 e. The van der Waals surface area contributed by atoms with Crippen LogP contribution < -0.4 is 0 Å². The van der Waals surface area contributed by atoms with Crippen molar-refractivity contribution < 1.29 is 35.4 Å². The highest BCUT2D eigenvalue weighted by molar-refractivity contribution is 5.18. The van der Waals surface area contributed by atoms with Crippen LogP contribution in [0.25, 0.3) is 0 Å². The van der Waals surface area contributed by atoms with E-state index in [1.807, 2.05) is 65.6 Å². The molecule has 1 saturated heterocycles. The molecule has 6 N–H and O–H groups in total. The maximum Gasteiger partial charge on any atom is 0.184 e. The van der Waals surface area contributed by atoms with E-state index in [0.29, 0.717) is 13.1 Å². The Morgan fingerprint density at radius 2 is 1.27 bits per heavy atom. The van der Waals surface area contributed by atoms with Crippen molar-refractivity contribution in [3.63, 3.8) is 0 Å². The average molecular weight is 419 g/mol. The van der Waals surface area contributed by atoms with Gasteiger partial charge in [-0.1, -0.05) is 60.7 Å². The summed E-state index contributed by atoms with van der Waals surface area (Å²) in [5.41, 5.74) is 1.85. The van der Waals surface area contributed by atoms with Crippen LogP contribution in [0.2, 0.25) is 0 Å². The summed E-state index contributed by atoms with van der Waals surface area (Å²) >= 11 is 0. The molecule has 30 heavy (non-hydrogen) atoms. The molecule has 8 nitrogen and oxygen atoms in total. The standard InChI is InChI=1S/C22H29NO7/c24-13-16(25)17(21-19(27)18(26)20(28)22(29)30-21)23(11-14-7-3-1-4-8-14)12-15-9-5-2-6-10-15/h1-10,16-22,24-29H,11-13H2/t16-,17-,18+,19-,20-,21-,22+/m1/s1. The highest BCUT2D eigenvalue weighted by Gasteiger charge is 2.49. The Morgan fingerprint density at radius 1 is 0.767 bits per heavy atom. The molecule has 1 aliphatic heterocycles. The Hall–Kier alpha value is -1.88. The minimum atomic E-state index is -1.74. The van der Waals surface area contributed by atoms with Crippen LogP contribution in [0, 0.1) is 0 Å². The lowest BCUT2D eigenvalue weighted by molar-refractivity contribution is -0.298. The van der Waals surface area contributed by atoms with Crippen molar-refractivity contribution >= 4 is 0 Å². The van der Waals surface area contributed by atoms with E-state index in [9.17, 15) is 30.6 Å². The molecule has 0 aromatic heterocycles. The molecule has 164 valence electrons. The molecule has 1 aliphatic rings. The fourth-order valence-corrected chi connectivity index (χ4v) is 3.85. The zero-order valence-electron chi connectivity index (χ0n) is 16.5. The van der Waals surface area contributed by atoms with Gasteiger partial charge in [0.25, 0.3) is 0 Å². The Morgan fingerprint density at radius 3 is 1.73 bits per heavy atom. The first-order valence-corrected chi connectivity index (χ1v) is 9.91. The fraction of sp³-hybridized carbons (Fsp3) is 0.455. The predicted molar refractivity (Wildman–Crippen MR) is 108 cm³/mol. The lowest BCUT2D eigenvalue weighted by atomic mass is 9.90. The van der Waals surface area contributed by atoms with E-state index < -0.39 is 49.5 Å². The Labute approximate surface area is 175 Å². The van der Waals surface area contributed by atoms with Crippen molar-refractivity contribution in [2.45, 2.75) is 55.9 Å².